The standard InChI is InChI=1S/C14H21N3/c1-2-12-10-15-8-9-17(12)14-7-6-11-4-3-5-13(11)16-14/h6-7,12,15H,2-5,8-10H2,1H3. The Morgan fingerprint density at radius 3 is 3.24 bits per heavy atom. The largest absolute Gasteiger partial charge is 0.351 e. The van der Waals surface area contributed by atoms with Gasteiger partial charge in [-0.05, 0) is 37.3 Å². The van der Waals surface area contributed by atoms with Gasteiger partial charge in [-0.25, -0.2) is 4.98 Å². The van der Waals surface area contributed by atoms with Crippen molar-refractivity contribution in [3.8, 4) is 0 Å². The van der Waals surface area contributed by atoms with Gasteiger partial charge >= 0.3 is 0 Å². The molecule has 1 aliphatic heterocycles. The van der Waals surface area contributed by atoms with Crippen molar-refractivity contribution in [1.29, 1.82) is 0 Å². The third kappa shape index (κ3) is 2.04. The molecule has 92 valence electrons. The second-order valence-corrected chi connectivity index (χ2v) is 5.09. The monoisotopic (exact) mass is 231 g/mol. The van der Waals surface area contributed by atoms with Crippen molar-refractivity contribution in [3.63, 3.8) is 0 Å². The Labute approximate surface area is 103 Å². The Kier molecular flexibility index (Phi) is 3.02. The van der Waals surface area contributed by atoms with Crippen LogP contribution in [0.15, 0.2) is 12.1 Å². The fourth-order valence-corrected chi connectivity index (χ4v) is 3.00. The summed E-state index contributed by atoms with van der Waals surface area (Å²) >= 11 is 0. The molecule has 1 aromatic heterocycles. The van der Waals surface area contributed by atoms with Gasteiger partial charge in [-0.3, -0.25) is 0 Å². The Morgan fingerprint density at radius 2 is 2.35 bits per heavy atom. The zero-order valence-corrected chi connectivity index (χ0v) is 10.6. The highest BCUT2D eigenvalue weighted by atomic mass is 15.3. The minimum Gasteiger partial charge on any atom is -0.351 e. The number of nitrogens with one attached hydrogen (secondary N) is 1. The molecule has 0 spiro atoms. The van der Waals surface area contributed by atoms with Crippen LogP contribution in [0.3, 0.4) is 0 Å². The van der Waals surface area contributed by atoms with Gasteiger partial charge in [0.25, 0.3) is 0 Å². The molecule has 2 aliphatic rings. The third-order valence-electron chi connectivity index (χ3n) is 4.03. The molecule has 1 saturated heterocycles. The lowest BCUT2D eigenvalue weighted by molar-refractivity contribution is 0.463. The summed E-state index contributed by atoms with van der Waals surface area (Å²) in [5.74, 6) is 1.19. The van der Waals surface area contributed by atoms with E-state index in [9.17, 15) is 0 Å². The molecule has 1 fully saturated rings. The van der Waals surface area contributed by atoms with Crippen LogP contribution in [-0.2, 0) is 12.8 Å². The number of aryl methyl sites for hydroxylation is 2. The van der Waals surface area contributed by atoms with Crippen molar-refractivity contribution in [2.24, 2.45) is 0 Å². The van der Waals surface area contributed by atoms with Crippen LogP contribution in [0.5, 0.6) is 0 Å². The number of aromatic nitrogens is 1. The van der Waals surface area contributed by atoms with Crippen molar-refractivity contribution in [2.75, 3.05) is 24.5 Å². The molecule has 0 radical (unpaired) electrons. The third-order valence-corrected chi connectivity index (χ3v) is 4.03. The van der Waals surface area contributed by atoms with Crippen molar-refractivity contribution in [1.82, 2.24) is 10.3 Å². The second kappa shape index (κ2) is 4.65. The number of piperazine rings is 1. The van der Waals surface area contributed by atoms with E-state index in [0.717, 1.165) is 19.6 Å². The van der Waals surface area contributed by atoms with Crippen LogP contribution in [0.2, 0.25) is 0 Å². The lowest BCUT2D eigenvalue weighted by Gasteiger charge is -2.36. The number of fused-ring (bicyclic) bond motifs is 1. The van der Waals surface area contributed by atoms with E-state index in [1.54, 1.807) is 0 Å². The molecule has 0 aromatic carbocycles. The van der Waals surface area contributed by atoms with Crippen molar-refractivity contribution in [3.05, 3.63) is 23.4 Å². The van der Waals surface area contributed by atoms with Gasteiger partial charge in [-0.2, -0.15) is 0 Å². The molecule has 3 heteroatoms. The first-order valence-corrected chi connectivity index (χ1v) is 6.84. The van der Waals surface area contributed by atoms with Gasteiger partial charge in [-0.15, -0.1) is 0 Å². The van der Waals surface area contributed by atoms with E-state index in [1.165, 1.54) is 42.8 Å². The minimum atomic E-state index is 0.607. The fraction of sp³-hybridized carbons (Fsp3) is 0.643. The van der Waals surface area contributed by atoms with Gasteiger partial charge in [0.2, 0.25) is 0 Å². The highest BCUT2D eigenvalue weighted by molar-refractivity contribution is 5.44. The predicted molar refractivity (Wildman–Crippen MR) is 70.6 cm³/mol. The summed E-state index contributed by atoms with van der Waals surface area (Å²) in [5.41, 5.74) is 2.81. The van der Waals surface area contributed by atoms with Crippen LogP contribution in [0.4, 0.5) is 5.82 Å². The van der Waals surface area contributed by atoms with Gasteiger partial charge in [0.1, 0.15) is 5.82 Å². The molecule has 3 nitrogen and oxygen atoms in total. The van der Waals surface area contributed by atoms with E-state index in [4.69, 9.17) is 4.98 Å². The maximum atomic E-state index is 4.87. The summed E-state index contributed by atoms with van der Waals surface area (Å²) < 4.78 is 0. The van der Waals surface area contributed by atoms with Gasteiger partial charge in [-0.1, -0.05) is 13.0 Å². The van der Waals surface area contributed by atoms with Crippen LogP contribution in [0.25, 0.3) is 0 Å². The van der Waals surface area contributed by atoms with Gasteiger partial charge in [0, 0.05) is 31.4 Å². The molecule has 17 heavy (non-hydrogen) atoms. The lowest BCUT2D eigenvalue weighted by atomic mass is 10.1. The molecule has 0 amide bonds. The first-order valence-electron chi connectivity index (χ1n) is 6.84. The number of anilines is 1. The van der Waals surface area contributed by atoms with Gasteiger partial charge < -0.3 is 10.2 Å². The highest BCUT2D eigenvalue weighted by Gasteiger charge is 2.23. The quantitative estimate of drug-likeness (QED) is 0.840. The maximum Gasteiger partial charge on any atom is 0.129 e. The van der Waals surface area contributed by atoms with Crippen LogP contribution in [-0.4, -0.2) is 30.7 Å². The van der Waals surface area contributed by atoms with E-state index in [1.807, 2.05) is 0 Å². The van der Waals surface area contributed by atoms with E-state index in [0.29, 0.717) is 6.04 Å². The molecular formula is C14H21N3. The molecule has 1 atom stereocenters. The summed E-state index contributed by atoms with van der Waals surface area (Å²) in [5, 5.41) is 3.47. The summed E-state index contributed by atoms with van der Waals surface area (Å²) in [6, 6.07) is 5.12. The average molecular weight is 231 g/mol. The zero-order valence-electron chi connectivity index (χ0n) is 10.6. The Bertz CT molecular complexity index is 402. The van der Waals surface area contributed by atoms with Crippen LogP contribution in [0.1, 0.15) is 31.0 Å². The Balaban J connectivity index is 1.87. The number of rotatable bonds is 2. The topological polar surface area (TPSA) is 28.2 Å². The van der Waals surface area contributed by atoms with Crippen LogP contribution >= 0.6 is 0 Å². The first kappa shape index (κ1) is 11.0. The van der Waals surface area contributed by atoms with E-state index in [-0.39, 0.29) is 0 Å². The van der Waals surface area contributed by atoms with E-state index < -0.39 is 0 Å². The smallest absolute Gasteiger partial charge is 0.129 e. The second-order valence-electron chi connectivity index (χ2n) is 5.09. The molecule has 1 aliphatic carbocycles. The Hall–Kier alpha value is -1.09. The summed E-state index contributed by atoms with van der Waals surface area (Å²) in [4.78, 5) is 7.35. The lowest BCUT2D eigenvalue weighted by Crippen LogP contribution is -2.51. The highest BCUT2D eigenvalue weighted by Crippen LogP contribution is 2.25. The van der Waals surface area contributed by atoms with Gasteiger partial charge in [0.15, 0.2) is 0 Å². The number of hydrogen-bond acceptors (Lipinski definition) is 3. The number of hydrogen-bond donors (Lipinski definition) is 1. The summed E-state index contributed by atoms with van der Waals surface area (Å²) in [6.45, 7) is 5.52. The molecular weight excluding hydrogens is 210 g/mol. The maximum absolute atomic E-state index is 4.87. The summed E-state index contributed by atoms with van der Waals surface area (Å²) in [6.07, 6.45) is 4.86. The first-order chi connectivity index (χ1) is 8.38. The summed E-state index contributed by atoms with van der Waals surface area (Å²) in [7, 11) is 0. The van der Waals surface area contributed by atoms with Gasteiger partial charge in [0.05, 0.1) is 0 Å². The van der Waals surface area contributed by atoms with Crippen molar-refractivity contribution in [2.45, 2.75) is 38.6 Å². The fourth-order valence-electron chi connectivity index (χ4n) is 3.00. The molecule has 1 unspecified atom stereocenters. The Morgan fingerprint density at radius 1 is 1.41 bits per heavy atom. The number of pyridine rings is 1. The molecule has 0 saturated carbocycles. The molecule has 0 bridgehead atoms. The normalized spacial score (nSPS) is 23.8. The van der Waals surface area contributed by atoms with Crippen molar-refractivity contribution < 1.29 is 0 Å². The van der Waals surface area contributed by atoms with Crippen molar-refractivity contribution >= 4 is 5.82 Å². The van der Waals surface area contributed by atoms with E-state index in [2.05, 4.69) is 29.3 Å². The predicted octanol–water partition coefficient (Wildman–Crippen LogP) is 1.76. The molecule has 1 aromatic rings. The molecule has 3 rings (SSSR count). The minimum absolute atomic E-state index is 0.607. The van der Waals surface area contributed by atoms with Crippen LogP contribution in [0, 0.1) is 0 Å². The van der Waals surface area contributed by atoms with E-state index >= 15 is 0 Å². The van der Waals surface area contributed by atoms with Crippen LogP contribution < -0.4 is 10.2 Å². The molecule has 2 heterocycles. The SMILES string of the molecule is CCC1CNCCN1c1ccc2c(n1)CCC2. The number of nitrogens with zero attached hydrogens (tertiary/aromatic N) is 2. The molecule has 1 N–H and O–H groups in total. The average Bonchev–Trinajstić information content (AvgIpc) is 2.85. The zero-order chi connectivity index (χ0) is 11.7.